The first-order chi connectivity index (χ1) is 18.5. The summed E-state index contributed by atoms with van der Waals surface area (Å²) in [5, 5.41) is 33.8. The molecule has 0 spiro atoms. The van der Waals surface area contributed by atoms with Gasteiger partial charge >= 0.3 is 0 Å². The Balaban J connectivity index is 1.29. The number of rotatable bonds is 8. The molecule has 10 heteroatoms. The zero-order chi connectivity index (χ0) is 27.9. The number of carbonyl (C=O) groups excluding carboxylic acids is 1. The monoisotopic (exact) mass is 548 g/mol. The number of aromatic nitrogens is 4. The molecule has 1 unspecified atom stereocenters. The molecule has 39 heavy (non-hydrogen) atoms. The molecule has 2 aromatic heterocycles. The van der Waals surface area contributed by atoms with Gasteiger partial charge in [-0.2, -0.15) is 0 Å². The van der Waals surface area contributed by atoms with Crippen LogP contribution in [0.4, 0.5) is 0 Å². The number of hydrogen-bond donors (Lipinski definition) is 3. The highest BCUT2D eigenvalue weighted by Gasteiger charge is 2.48. The molecule has 206 valence electrons. The average Bonchev–Trinajstić information content (AvgIpc) is 3.18. The van der Waals surface area contributed by atoms with E-state index in [0.29, 0.717) is 6.54 Å². The van der Waals surface area contributed by atoms with Gasteiger partial charge in [-0.3, -0.25) is 9.69 Å². The fourth-order valence-corrected chi connectivity index (χ4v) is 6.25. The van der Waals surface area contributed by atoms with Crippen LogP contribution in [0.5, 0.6) is 0 Å². The molecule has 2 aliphatic rings. The highest BCUT2D eigenvalue weighted by Crippen LogP contribution is 2.47. The molecule has 0 radical (unpaired) electrons. The number of nitrogens with zero attached hydrogens (tertiary/aromatic N) is 5. The molecule has 4 atom stereocenters. The Hall–Kier alpha value is -3.10. The molecule has 1 saturated carbocycles. The van der Waals surface area contributed by atoms with Crippen molar-refractivity contribution in [3.8, 4) is 22.8 Å². The van der Waals surface area contributed by atoms with E-state index in [2.05, 4.69) is 26.5 Å². The molecule has 1 aliphatic heterocycles. The number of thiazole rings is 1. The summed E-state index contributed by atoms with van der Waals surface area (Å²) in [6.07, 6.45) is 7.76. The van der Waals surface area contributed by atoms with Crippen LogP contribution in [0.15, 0.2) is 36.0 Å². The number of aliphatic hydroxyl groups excluding tert-OH is 2. The van der Waals surface area contributed by atoms with Gasteiger partial charge in [-0.1, -0.05) is 56.2 Å². The number of amides is 1. The second kappa shape index (κ2) is 10.5. The van der Waals surface area contributed by atoms with Crippen LogP contribution in [-0.4, -0.2) is 65.9 Å². The Kier molecular flexibility index (Phi) is 7.37. The SMILES string of the molecule is C#CC1(c2cn([C@H](C(O)N3C[C@H](O)C[C@H]3C(=O)NCc3ccc(-c4scnc4C)cc3)C(C)(C)C)nn2)CC1. The molecule has 9 nitrogen and oxygen atoms in total. The van der Waals surface area contributed by atoms with Gasteiger partial charge in [-0.15, -0.1) is 22.9 Å². The Labute approximate surface area is 233 Å². The number of aryl methyl sites for hydroxylation is 1. The summed E-state index contributed by atoms with van der Waals surface area (Å²) in [5.41, 5.74) is 4.83. The molecular formula is C29H36N6O3S. The zero-order valence-electron chi connectivity index (χ0n) is 22.8. The van der Waals surface area contributed by atoms with Gasteiger partial charge in [0.25, 0.3) is 0 Å². The Bertz CT molecular complexity index is 1360. The lowest BCUT2D eigenvalue weighted by Gasteiger charge is -2.40. The molecule has 1 aromatic carbocycles. The first-order valence-electron chi connectivity index (χ1n) is 13.3. The molecule has 3 heterocycles. The second-order valence-electron chi connectivity index (χ2n) is 11.8. The quantitative estimate of drug-likeness (QED) is 0.371. The van der Waals surface area contributed by atoms with Crippen LogP contribution in [0, 0.1) is 24.7 Å². The maximum atomic E-state index is 13.3. The molecule has 1 saturated heterocycles. The minimum atomic E-state index is -1.07. The van der Waals surface area contributed by atoms with Crippen LogP contribution in [0.25, 0.3) is 10.4 Å². The van der Waals surface area contributed by atoms with Gasteiger partial charge in [-0.05, 0) is 42.7 Å². The molecule has 1 aliphatic carbocycles. The Morgan fingerprint density at radius 3 is 2.62 bits per heavy atom. The van der Waals surface area contributed by atoms with Crippen LogP contribution < -0.4 is 5.32 Å². The van der Waals surface area contributed by atoms with E-state index in [1.54, 1.807) is 20.9 Å². The number of hydrogen-bond acceptors (Lipinski definition) is 8. The summed E-state index contributed by atoms with van der Waals surface area (Å²) < 4.78 is 1.67. The van der Waals surface area contributed by atoms with E-state index in [1.807, 2.05) is 63.7 Å². The van der Waals surface area contributed by atoms with Crippen LogP contribution >= 0.6 is 11.3 Å². The minimum absolute atomic E-state index is 0.185. The van der Waals surface area contributed by atoms with Gasteiger partial charge < -0.3 is 15.5 Å². The van der Waals surface area contributed by atoms with Crippen molar-refractivity contribution in [2.75, 3.05) is 6.54 Å². The highest BCUT2D eigenvalue weighted by molar-refractivity contribution is 7.13. The van der Waals surface area contributed by atoms with Gasteiger partial charge in [0.05, 0.1) is 45.9 Å². The van der Waals surface area contributed by atoms with Crippen LogP contribution in [0.1, 0.15) is 63.0 Å². The highest BCUT2D eigenvalue weighted by atomic mass is 32.1. The maximum absolute atomic E-state index is 13.3. The van der Waals surface area contributed by atoms with E-state index in [4.69, 9.17) is 6.42 Å². The predicted molar refractivity (Wildman–Crippen MR) is 150 cm³/mol. The lowest BCUT2D eigenvalue weighted by molar-refractivity contribution is -0.134. The lowest BCUT2D eigenvalue weighted by Crippen LogP contribution is -2.52. The van der Waals surface area contributed by atoms with Crippen molar-refractivity contribution < 1.29 is 15.0 Å². The van der Waals surface area contributed by atoms with E-state index in [0.717, 1.165) is 40.2 Å². The number of aliphatic hydroxyl groups is 2. The van der Waals surface area contributed by atoms with Gasteiger partial charge in [-0.25, -0.2) is 9.67 Å². The van der Waals surface area contributed by atoms with Crippen molar-refractivity contribution in [2.45, 2.75) is 83.3 Å². The number of benzene rings is 1. The largest absolute Gasteiger partial charge is 0.392 e. The van der Waals surface area contributed by atoms with Gasteiger partial charge in [0, 0.05) is 13.1 Å². The molecular weight excluding hydrogens is 512 g/mol. The van der Waals surface area contributed by atoms with Crippen molar-refractivity contribution in [2.24, 2.45) is 5.41 Å². The third-order valence-corrected chi connectivity index (χ3v) is 8.85. The van der Waals surface area contributed by atoms with Crippen molar-refractivity contribution in [3.05, 3.63) is 52.9 Å². The lowest BCUT2D eigenvalue weighted by atomic mass is 9.85. The molecule has 3 N–H and O–H groups in total. The molecule has 3 aromatic rings. The molecule has 5 rings (SSSR count). The standard InChI is InChI=1S/C29H36N6O3S/c1-6-29(11-12-29)23-16-35(33-32-23)25(28(3,4)5)27(38)34-15-21(36)13-22(34)26(37)30-14-19-7-9-20(10-8-19)24-18(2)31-17-39-24/h1,7-10,16-17,21-22,25,27,36,38H,11-15H2,2-5H3,(H,30,37)/t21-,22+,25-,27?/m1/s1. The average molecular weight is 549 g/mol. The summed E-state index contributed by atoms with van der Waals surface area (Å²) in [6, 6.07) is 6.85. The first kappa shape index (κ1) is 27.5. The molecule has 0 bridgehead atoms. The third kappa shape index (κ3) is 5.50. The van der Waals surface area contributed by atoms with Gasteiger partial charge in [0.15, 0.2) is 0 Å². The van der Waals surface area contributed by atoms with Gasteiger partial charge in [0.1, 0.15) is 11.9 Å². The van der Waals surface area contributed by atoms with Crippen molar-refractivity contribution in [1.82, 2.24) is 30.2 Å². The fraction of sp³-hybridized carbons (Fsp3) is 0.517. The Morgan fingerprint density at radius 2 is 2.03 bits per heavy atom. The third-order valence-electron chi connectivity index (χ3n) is 7.87. The van der Waals surface area contributed by atoms with E-state index in [9.17, 15) is 15.0 Å². The minimum Gasteiger partial charge on any atom is -0.392 e. The van der Waals surface area contributed by atoms with E-state index >= 15 is 0 Å². The zero-order valence-corrected chi connectivity index (χ0v) is 23.6. The van der Waals surface area contributed by atoms with Crippen LogP contribution in [0.3, 0.4) is 0 Å². The first-order valence-corrected chi connectivity index (χ1v) is 14.2. The summed E-state index contributed by atoms with van der Waals surface area (Å²) in [7, 11) is 0. The summed E-state index contributed by atoms with van der Waals surface area (Å²) in [6.45, 7) is 8.55. The fourth-order valence-electron chi connectivity index (χ4n) is 5.44. The number of β-amino-alcohol motifs (C(OH)–C–C–N with tert-alkyl or cyclic N) is 1. The van der Waals surface area contributed by atoms with E-state index < -0.39 is 29.8 Å². The van der Waals surface area contributed by atoms with E-state index in [-0.39, 0.29) is 24.3 Å². The van der Waals surface area contributed by atoms with Crippen molar-refractivity contribution in [3.63, 3.8) is 0 Å². The number of likely N-dealkylation sites (tertiary alicyclic amines) is 1. The van der Waals surface area contributed by atoms with Crippen molar-refractivity contribution >= 4 is 17.2 Å². The number of nitrogens with one attached hydrogen (secondary N) is 1. The maximum Gasteiger partial charge on any atom is 0.237 e. The summed E-state index contributed by atoms with van der Waals surface area (Å²) >= 11 is 1.60. The smallest absolute Gasteiger partial charge is 0.237 e. The van der Waals surface area contributed by atoms with Gasteiger partial charge in [0.2, 0.25) is 5.91 Å². The second-order valence-corrected chi connectivity index (χ2v) is 12.7. The van der Waals surface area contributed by atoms with Crippen LogP contribution in [0.2, 0.25) is 0 Å². The Morgan fingerprint density at radius 1 is 1.31 bits per heavy atom. The summed E-state index contributed by atoms with van der Waals surface area (Å²) in [4.78, 5) is 20.5. The summed E-state index contributed by atoms with van der Waals surface area (Å²) in [5.74, 6) is 2.60. The number of terminal acetylenes is 1. The predicted octanol–water partition coefficient (Wildman–Crippen LogP) is 3.03. The van der Waals surface area contributed by atoms with Crippen molar-refractivity contribution in [1.29, 1.82) is 0 Å². The molecule has 2 fully saturated rings. The van der Waals surface area contributed by atoms with Crippen LogP contribution in [-0.2, 0) is 16.8 Å². The van der Waals surface area contributed by atoms with E-state index in [1.165, 1.54) is 0 Å². The topological polar surface area (TPSA) is 116 Å². The normalized spacial score (nSPS) is 22.3. The number of carbonyl (C=O) groups is 1. The molecule has 1 amide bonds.